The highest BCUT2D eigenvalue weighted by molar-refractivity contribution is 6.29. The summed E-state index contributed by atoms with van der Waals surface area (Å²) < 4.78 is 5.00. The monoisotopic (exact) mass is 236 g/mol. The second-order valence-electron chi connectivity index (χ2n) is 3.09. The fourth-order valence-electron chi connectivity index (χ4n) is 1.29. The topological polar surface area (TPSA) is 55.2 Å². The van der Waals surface area contributed by atoms with Crippen molar-refractivity contribution in [3.63, 3.8) is 0 Å². The lowest BCUT2D eigenvalue weighted by atomic mass is 10.2. The quantitative estimate of drug-likeness (QED) is 0.814. The highest BCUT2D eigenvalue weighted by Gasteiger charge is 2.06. The third kappa shape index (κ3) is 2.06. The minimum absolute atomic E-state index is 0.0771. The molecule has 16 heavy (non-hydrogen) atoms. The molecule has 0 spiro atoms. The summed E-state index contributed by atoms with van der Waals surface area (Å²) in [4.78, 5) is 8.15. The van der Waals surface area contributed by atoms with Crippen molar-refractivity contribution in [2.75, 3.05) is 7.11 Å². The van der Waals surface area contributed by atoms with E-state index in [-0.39, 0.29) is 5.75 Å². The minimum atomic E-state index is 0.0771. The molecule has 0 aliphatic carbocycles. The van der Waals surface area contributed by atoms with Gasteiger partial charge in [-0.05, 0) is 24.3 Å². The number of rotatable bonds is 2. The van der Waals surface area contributed by atoms with Crippen molar-refractivity contribution in [1.82, 2.24) is 9.97 Å². The van der Waals surface area contributed by atoms with E-state index < -0.39 is 0 Å². The Morgan fingerprint density at radius 3 is 2.81 bits per heavy atom. The van der Waals surface area contributed by atoms with Crippen LogP contribution in [-0.4, -0.2) is 22.2 Å². The van der Waals surface area contributed by atoms with Gasteiger partial charge in [0.15, 0.2) is 17.3 Å². The molecule has 1 aromatic heterocycles. The fourth-order valence-corrected chi connectivity index (χ4v) is 1.43. The minimum Gasteiger partial charge on any atom is -0.504 e. The van der Waals surface area contributed by atoms with Crippen LogP contribution in [0.15, 0.2) is 30.5 Å². The number of hydrogen-bond donors (Lipinski definition) is 1. The van der Waals surface area contributed by atoms with Crippen LogP contribution in [0, 0.1) is 0 Å². The van der Waals surface area contributed by atoms with Gasteiger partial charge in [-0.25, -0.2) is 9.97 Å². The first-order chi connectivity index (χ1) is 7.70. The summed E-state index contributed by atoms with van der Waals surface area (Å²) in [5.41, 5.74) is 0.733. The zero-order valence-corrected chi connectivity index (χ0v) is 9.27. The number of methoxy groups -OCH3 is 1. The van der Waals surface area contributed by atoms with Gasteiger partial charge in [0.2, 0.25) is 0 Å². The van der Waals surface area contributed by atoms with Crippen molar-refractivity contribution in [3.8, 4) is 22.9 Å². The molecule has 5 heteroatoms. The Labute approximate surface area is 97.5 Å². The van der Waals surface area contributed by atoms with Crippen LogP contribution < -0.4 is 4.74 Å². The molecule has 0 aliphatic rings. The Morgan fingerprint density at radius 1 is 1.31 bits per heavy atom. The summed E-state index contributed by atoms with van der Waals surface area (Å²) in [5, 5.41) is 9.82. The molecular formula is C11H9ClN2O2. The van der Waals surface area contributed by atoms with Crippen LogP contribution in [0.3, 0.4) is 0 Å². The predicted molar refractivity (Wildman–Crippen MR) is 60.7 cm³/mol. The lowest BCUT2D eigenvalue weighted by Crippen LogP contribution is -1.90. The second kappa shape index (κ2) is 4.37. The van der Waals surface area contributed by atoms with Crippen LogP contribution in [0.2, 0.25) is 5.15 Å². The number of benzene rings is 1. The largest absolute Gasteiger partial charge is 0.504 e. The van der Waals surface area contributed by atoms with Gasteiger partial charge in [0, 0.05) is 11.8 Å². The molecule has 1 heterocycles. The highest BCUT2D eigenvalue weighted by atomic mass is 35.5. The molecule has 4 nitrogen and oxygen atoms in total. The van der Waals surface area contributed by atoms with Gasteiger partial charge in [-0.2, -0.15) is 0 Å². The van der Waals surface area contributed by atoms with Gasteiger partial charge in [0.05, 0.1) is 7.11 Å². The first kappa shape index (κ1) is 10.7. The van der Waals surface area contributed by atoms with Gasteiger partial charge < -0.3 is 9.84 Å². The third-order valence-electron chi connectivity index (χ3n) is 2.06. The van der Waals surface area contributed by atoms with Crippen molar-refractivity contribution in [2.45, 2.75) is 0 Å². The smallest absolute Gasteiger partial charge is 0.161 e. The van der Waals surface area contributed by atoms with E-state index in [4.69, 9.17) is 16.3 Å². The first-order valence-corrected chi connectivity index (χ1v) is 4.94. The molecule has 0 amide bonds. The van der Waals surface area contributed by atoms with Gasteiger partial charge in [0.1, 0.15) is 5.15 Å². The molecule has 0 atom stereocenters. The van der Waals surface area contributed by atoms with E-state index in [9.17, 15) is 5.11 Å². The van der Waals surface area contributed by atoms with Crippen LogP contribution in [0.5, 0.6) is 11.5 Å². The average Bonchev–Trinajstić information content (AvgIpc) is 2.29. The molecular weight excluding hydrogens is 228 g/mol. The number of aromatic hydroxyl groups is 1. The van der Waals surface area contributed by atoms with Gasteiger partial charge in [-0.3, -0.25) is 0 Å². The Kier molecular flexibility index (Phi) is 2.92. The van der Waals surface area contributed by atoms with Gasteiger partial charge in [-0.15, -0.1) is 0 Å². The van der Waals surface area contributed by atoms with E-state index in [1.807, 2.05) is 0 Å². The van der Waals surface area contributed by atoms with Crippen LogP contribution in [-0.2, 0) is 0 Å². The number of phenolic OH excluding ortho intramolecular Hbond substituents is 1. The van der Waals surface area contributed by atoms with Crippen molar-refractivity contribution in [3.05, 3.63) is 35.6 Å². The van der Waals surface area contributed by atoms with Crippen LogP contribution in [0.25, 0.3) is 11.4 Å². The molecule has 0 bridgehead atoms. The molecule has 1 N–H and O–H groups in total. The van der Waals surface area contributed by atoms with E-state index in [0.717, 1.165) is 5.56 Å². The van der Waals surface area contributed by atoms with Gasteiger partial charge >= 0.3 is 0 Å². The number of phenols is 1. The van der Waals surface area contributed by atoms with E-state index >= 15 is 0 Å². The number of aromatic nitrogens is 2. The maximum Gasteiger partial charge on any atom is 0.161 e. The summed E-state index contributed by atoms with van der Waals surface area (Å²) in [6.07, 6.45) is 1.57. The number of nitrogens with zero attached hydrogens (tertiary/aromatic N) is 2. The Bertz CT molecular complexity index is 517. The van der Waals surface area contributed by atoms with Crippen molar-refractivity contribution in [2.24, 2.45) is 0 Å². The molecule has 1 aromatic carbocycles. The van der Waals surface area contributed by atoms with Crippen molar-refractivity contribution in [1.29, 1.82) is 0 Å². The number of ether oxygens (including phenoxy) is 1. The van der Waals surface area contributed by atoms with Gasteiger partial charge in [-0.1, -0.05) is 11.6 Å². The van der Waals surface area contributed by atoms with Gasteiger partial charge in [0.25, 0.3) is 0 Å². The molecule has 0 saturated heterocycles. The van der Waals surface area contributed by atoms with Crippen LogP contribution in [0.4, 0.5) is 0 Å². The summed E-state index contributed by atoms with van der Waals surface area (Å²) in [6.45, 7) is 0. The lowest BCUT2D eigenvalue weighted by molar-refractivity contribution is 0.373. The molecule has 0 radical (unpaired) electrons. The zero-order chi connectivity index (χ0) is 11.5. The summed E-state index contributed by atoms with van der Waals surface area (Å²) >= 11 is 5.77. The SMILES string of the molecule is COc1cc(-c2nccc(Cl)n2)ccc1O. The summed E-state index contributed by atoms with van der Waals surface area (Å²) in [7, 11) is 1.48. The fraction of sp³-hybridized carbons (Fsp3) is 0.0909. The highest BCUT2D eigenvalue weighted by Crippen LogP contribution is 2.30. The maximum absolute atomic E-state index is 9.44. The van der Waals surface area contributed by atoms with E-state index in [1.54, 1.807) is 24.4 Å². The molecule has 2 aromatic rings. The van der Waals surface area contributed by atoms with E-state index in [1.165, 1.54) is 13.2 Å². The van der Waals surface area contributed by atoms with Crippen molar-refractivity contribution >= 4 is 11.6 Å². The predicted octanol–water partition coefficient (Wildman–Crippen LogP) is 2.51. The average molecular weight is 237 g/mol. The number of hydrogen-bond acceptors (Lipinski definition) is 4. The second-order valence-corrected chi connectivity index (χ2v) is 3.48. The normalized spacial score (nSPS) is 10.1. The Morgan fingerprint density at radius 2 is 2.12 bits per heavy atom. The van der Waals surface area contributed by atoms with Crippen LogP contribution >= 0.6 is 11.6 Å². The third-order valence-corrected chi connectivity index (χ3v) is 2.27. The van der Waals surface area contributed by atoms with Crippen LogP contribution in [0.1, 0.15) is 0 Å². The Balaban J connectivity index is 2.48. The molecule has 82 valence electrons. The number of halogens is 1. The zero-order valence-electron chi connectivity index (χ0n) is 8.51. The summed E-state index contributed by atoms with van der Waals surface area (Å²) in [6, 6.07) is 6.48. The first-order valence-electron chi connectivity index (χ1n) is 4.56. The maximum atomic E-state index is 9.44. The molecule has 0 aliphatic heterocycles. The van der Waals surface area contributed by atoms with Crippen molar-refractivity contribution < 1.29 is 9.84 Å². The van der Waals surface area contributed by atoms with E-state index in [0.29, 0.717) is 16.7 Å². The molecule has 0 saturated carbocycles. The standard InChI is InChI=1S/C11H9ClN2O2/c1-16-9-6-7(2-3-8(9)15)11-13-5-4-10(12)14-11/h2-6,15H,1H3. The molecule has 0 unspecified atom stereocenters. The lowest BCUT2D eigenvalue weighted by Gasteiger charge is -2.05. The summed E-state index contributed by atoms with van der Waals surface area (Å²) in [5.74, 6) is 0.945. The Hall–Kier alpha value is -1.81. The molecule has 0 fully saturated rings. The van der Waals surface area contributed by atoms with E-state index in [2.05, 4.69) is 9.97 Å². The molecule has 2 rings (SSSR count).